The quantitative estimate of drug-likeness (QED) is 0.920. The predicted octanol–water partition coefficient (Wildman–Crippen LogP) is 2.94. The number of rotatable bonds is 5. The van der Waals surface area contributed by atoms with Gasteiger partial charge in [-0.25, -0.2) is 0 Å². The van der Waals surface area contributed by atoms with Crippen molar-refractivity contribution >= 4 is 16.9 Å². The molecule has 2 rings (SSSR count). The molecule has 114 valence electrons. The standard InChI is InChI=1S/C17H24N2O2/c1-5-15-14(13-8-6-7-9-16(13)21-15)10-19(4)17(20)11(2)12(3)18/h6-9,11-12H,5,10,18H2,1-4H3. The van der Waals surface area contributed by atoms with Gasteiger partial charge in [-0.3, -0.25) is 4.79 Å². The first-order chi connectivity index (χ1) is 9.95. The predicted molar refractivity (Wildman–Crippen MR) is 84.9 cm³/mol. The summed E-state index contributed by atoms with van der Waals surface area (Å²) in [5.74, 6) is 0.833. The van der Waals surface area contributed by atoms with Crippen molar-refractivity contribution in [3.8, 4) is 0 Å². The van der Waals surface area contributed by atoms with Crippen molar-refractivity contribution in [1.29, 1.82) is 0 Å². The minimum absolute atomic E-state index is 0.0670. The zero-order valence-corrected chi connectivity index (χ0v) is 13.2. The zero-order valence-electron chi connectivity index (χ0n) is 13.2. The Labute approximate surface area is 125 Å². The van der Waals surface area contributed by atoms with Crippen molar-refractivity contribution in [1.82, 2.24) is 4.90 Å². The van der Waals surface area contributed by atoms with E-state index in [1.165, 1.54) is 0 Å². The molecule has 0 bridgehead atoms. The Morgan fingerprint density at radius 1 is 1.33 bits per heavy atom. The molecular formula is C17H24N2O2. The summed E-state index contributed by atoms with van der Waals surface area (Å²) in [4.78, 5) is 14.1. The Kier molecular flexibility index (Phi) is 4.68. The van der Waals surface area contributed by atoms with Gasteiger partial charge in [-0.05, 0) is 13.0 Å². The van der Waals surface area contributed by atoms with Crippen LogP contribution in [-0.4, -0.2) is 23.9 Å². The number of amides is 1. The molecule has 2 aromatic rings. The van der Waals surface area contributed by atoms with Crippen LogP contribution in [-0.2, 0) is 17.8 Å². The number of hydrogen-bond donors (Lipinski definition) is 1. The normalized spacial score (nSPS) is 14.1. The first kappa shape index (κ1) is 15.6. The van der Waals surface area contributed by atoms with Gasteiger partial charge in [0.05, 0.1) is 5.92 Å². The van der Waals surface area contributed by atoms with Crippen LogP contribution in [0.1, 0.15) is 32.1 Å². The topological polar surface area (TPSA) is 59.5 Å². The molecule has 0 saturated heterocycles. The van der Waals surface area contributed by atoms with E-state index in [4.69, 9.17) is 10.2 Å². The molecule has 4 nitrogen and oxygen atoms in total. The summed E-state index contributed by atoms with van der Waals surface area (Å²) >= 11 is 0. The van der Waals surface area contributed by atoms with Gasteiger partial charge >= 0.3 is 0 Å². The summed E-state index contributed by atoms with van der Waals surface area (Å²) in [7, 11) is 1.82. The molecule has 1 aromatic carbocycles. The minimum atomic E-state index is -0.182. The molecule has 0 fully saturated rings. The smallest absolute Gasteiger partial charge is 0.226 e. The molecule has 1 heterocycles. The lowest BCUT2D eigenvalue weighted by atomic mass is 10.0. The number of aryl methyl sites for hydroxylation is 1. The molecule has 1 aromatic heterocycles. The monoisotopic (exact) mass is 288 g/mol. The maximum atomic E-state index is 12.4. The van der Waals surface area contributed by atoms with Crippen molar-refractivity contribution in [2.45, 2.75) is 39.8 Å². The number of fused-ring (bicyclic) bond motifs is 1. The number of nitrogens with two attached hydrogens (primary N) is 1. The van der Waals surface area contributed by atoms with Crippen LogP contribution in [0.15, 0.2) is 28.7 Å². The van der Waals surface area contributed by atoms with E-state index in [0.717, 1.165) is 28.7 Å². The van der Waals surface area contributed by atoms with Crippen molar-refractivity contribution < 1.29 is 9.21 Å². The fourth-order valence-electron chi connectivity index (χ4n) is 2.50. The highest BCUT2D eigenvalue weighted by molar-refractivity contribution is 5.84. The van der Waals surface area contributed by atoms with Crippen LogP contribution in [0.2, 0.25) is 0 Å². The van der Waals surface area contributed by atoms with Gasteiger partial charge in [-0.15, -0.1) is 0 Å². The SMILES string of the molecule is CCc1oc2ccccc2c1CN(C)C(=O)C(C)C(C)N. The summed E-state index contributed by atoms with van der Waals surface area (Å²) in [5.41, 5.74) is 7.81. The fraction of sp³-hybridized carbons (Fsp3) is 0.471. The number of furan rings is 1. The molecule has 2 atom stereocenters. The molecule has 4 heteroatoms. The fourth-order valence-corrected chi connectivity index (χ4v) is 2.50. The maximum Gasteiger partial charge on any atom is 0.226 e. The lowest BCUT2D eigenvalue weighted by molar-refractivity contribution is -0.134. The van der Waals surface area contributed by atoms with E-state index in [0.29, 0.717) is 6.54 Å². The summed E-state index contributed by atoms with van der Waals surface area (Å²) in [6.07, 6.45) is 0.814. The summed E-state index contributed by atoms with van der Waals surface area (Å²) in [6, 6.07) is 7.81. The van der Waals surface area contributed by atoms with Gasteiger partial charge in [-0.1, -0.05) is 32.0 Å². The van der Waals surface area contributed by atoms with E-state index in [-0.39, 0.29) is 17.9 Å². The Hall–Kier alpha value is -1.81. The van der Waals surface area contributed by atoms with Gasteiger partial charge in [0, 0.05) is 37.0 Å². The van der Waals surface area contributed by atoms with E-state index in [2.05, 4.69) is 6.92 Å². The third-order valence-electron chi connectivity index (χ3n) is 4.05. The maximum absolute atomic E-state index is 12.4. The van der Waals surface area contributed by atoms with Crippen LogP contribution in [0, 0.1) is 5.92 Å². The van der Waals surface area contributed by atoms with Gasteiger partial charge in [-0.2, -0.15) is 0 Å². The Balaban J connectivity index is 2.28. The van der Waals surface area contributed by atoms with E-state index in [1.54, 1.807) is 4.90 Å². The number of nitrogens with zero attached hydrogens (tertiary/aromatic N) is 1. The van der Waals surface area contributed by atoms with Crippen LogP contribution in [0.4, 0.5) is 0 Å². The molecule has 2 N–H and O–H groups in total. The highest BCUT2D eigenvalue weighted by atomic mass is 16.3. The molecule has 0 spiro atoms. The first-order valence-corrected chi connectivity index (χ1v) is 7.45. The molecule has 1 amide bonds. The van der Waals surface area contributed by atoms with Gasteiger partial charge in [0.1, 0.15) is 11.3 Å². The number of carbonyl (C=O) groups excluding carboxylic acids is 1. The highest BCUT2D eigenvalue weighted by Gasteiger charge is 2.23. The number of hydrogen-bond acceptors (Lipinski definition) is 3. The largest absolute Gasteiger partial charge is 0.461 e. The summed E-state index contributed by atoms with van der Waals surface area (Å²) in [5, 5.41) is 1.09. The third-order valence-corrected chi connectivity index (χ3v) is 4.05. The summed E-state index contributed by atoms with van der Waals surface area (Å²) in [6.45, 7) is 6.35. The number of benzene rings is 1. The van der Waals surface area contributed by atoms with Gasteiger partial charge in [0.25, 0.3) is 0 Å². The second-order valence-electron chi connectivity index (χ2n) is 5.70. The van der Waals surface area contributed by atoms with Crippen LogP contribution >= 0.6 is 0 Å². The molecule has 21 heavy (non-hydrogen) atoms. The van der Waals surface area contributed by atoms with Crippen molar-refractivity contribution in [3.05, 3.63) is 35.6 Å². The van der Waals surface area contributed by atoms with Gasteiger partial charge in [0.15, 0.2) is 0 Å². The van der Waals surface area contributed by atoms with E-state index < -0.39 is 0 Å². The third kappa shape index (κ3) is 3.10. The molecule has 0 aliphatic heterocycles. The average Bonchev–Trinajstić information content (AvgIpc) is 2.83. The van der Waals surface area contributed by atoms with E-state index >= 15 is 0 Å². The Morgan fingerprint density at radius 3 is 2.62 bits per heavy atom. The molecule has 0 saturated carbocycles. The number of carbonyl (C=O) groups is 1. The molecule has 0 radical (unpaired) electrons. The van der Waals surface area contributed by atoms with Crippen molar-refractivity contribution in [2.24, 2.45) is 11.7 Å². The molecule has 0 aliphatic carbocycles. The first-order valence-electron chi connectivity index (χ1n) is 7.45. The lowest BCUT2D eigenvalue weighted by Crippen LogP contribution is -2.39. The summed E-state index contributed by atoms with van der Waals surface area (Å²) < 4.78 is 5.87. The Bertz CT molecular complexity index is 631. The van der Waals surface area contributed by atoms with Crippen LogP contribution < -0.4 is 5.73 Å². The zero-order chi connectivity index (χ0) is 15.6. The van der Waals surface area contributed by atoms with E-state index in [9.17, 15) is 4.79 Å². The second kappa shape index (κ2) is 6.31. The minimum Gasteiger partial charge on any atom is -0.461 e. The Morgan fingerprint density at radius 2 is 2.00 bits per heavy atom. The average molecular weight is 288 g/mol. The molecule has 2 unspecified atom stereocenters. The van der Waals surface area contributed by atoms with Crippen molar-refractivity contribution in [3.63, 3.8) is 0 Å². The number of para-hydroxylation sites is 1. The van der Waals surface area contributed by atoms with E-state index in [1.807, 2.05) is 45.2 Å². The molecule has 0 aliphatic rings. The van der Waals surface area contributed by atoms with Crippen LogP contribution in [0.3, 0.4) is 0 Å². The van der Waals surface area contributed by atoms with Crippen molar-refractivity contribution in [2.75, 3.05) is 7.05 Å². The van der Waals surface area contributed by atoms with Gasteiger partial charge in [0.2, 0.25) is 5.91 Å². The lowest BCUT2D eigenvalue weighted by Gasteiger charge is -2.23. The molecular weight excluding hydrogens is 264 g/mol. The van der Waals surface area contributed by atoms with Gasteiger partial charge < -0.3 is 15.1 Å². The highest BCUT2D eigenvalue weighted by Crippen LogP contribution is 2.27. The van der Waals surface area contributed by atoms with Crippen LogP contribution in [0.5, 0.6) is 0 Å². The second-order valence-corrected chi connectivity index (χ2v) is 5.70. The van der Waals surface area contributed by atoms with Crippen LogP contribution in [0.25, 0.3) is 11.0 Å².